The lowest BCUT2D eigenvalue weighted by atomic mass is 9.33. The van der Waals surface area contributed by atoms with Crippen LogP contribution >= 0.6 is 0 Å². The normalized spacial score (nSPS) is 13.9. The van der Waals surface area contributed by atoms with Crippen LogP contribution in [0, 0.1) is 11.3 Å². The Kier molecular flexibility index (Phi) is 7.12. The van der Waals surface area contributed by atoms with E-state index in [0.29, 0.717) is 5.56 Å². The first-order valence-electron chi connectivity index (χ1n) is 20.7. The van der Waals surface area contributed by atoms with Gasteiger partial charge in [-0.25, -0.2) is 0 Å². The van der Waals surface area contributed by atoms with E-state index in [1.807, 2.05) is 12.1 Å². The zero-order chi connectivity index (χ0) is 40.3. The van der Waals surface area contributed by atoms with Crippen molar-refractivity contribution in [3.8, 4) is 28.6 Å². The third-order valence-electron chi connectivity index (χ3n) is 13.1. The number of nitriles is 1. The molecule has 8 aromatic rings. The minimum absolute atomic E-state index is 0.00782. The summed E-state index contributed by atoms with van der Waals surface area (Å²) < 4.78 is 5.21. The van der Waals surface area contributed by atoms with E-state index in [0.717, 1.165) is 5.56 Å². The van der Waals surface area contributed by atoms with Crippen molar-refractivity contribution >= 4 is 66.7 Å². The first kappa shape index (κ1) is 35.9. The highest BCUT2D eigenvalue weighted by Gasteiger charge is 2.43. The zero-order valence-corrected chi connectivity index (χ0v) is 35.7. The van der Waals surface area contributed by atoms with Crippen molar-refractivity contribution in [3.63, 3.8) is 0 Å². The summed E-state index contributed by atoms with van der Waals surface area (Å²) in [6.07, 6.45) is 0. The fourth-order valence-corrected chi connectivity index (χ4v) is 9.83. The van der Waals surface area contributed by atoms with Gasteiger partial charge in [-0.05, 0) is 120 Å². The predicted molar refractivity (Wildman–Crippen MR) is 245 cm³/mol. The molecule has 10 rings (SSSR count). The van der Waals surface area contributed by atoms with Gasteiger partial charge in [-0.2, -0.15) is 5.26 Å². The highest BCUT2D eigenvalue weighted by atomic mass is 15.0. The first-order chi connectivity index (χ1) is 26.8. The molecule has 0 bridgehead atoms. The second-order valence-electron chi connectivity index (χ2n) is 21.1. The minimum atomic E-state index is -0.0519. The van der Waals surface area contributed by atoms with Gasteiger partial charge in [-0.15, -0.1) is 0 Å². The highest BCUT2D eigenvalue weighted by molar-refractivity contribution is 7.00. The molecule has 0 atom stereocenters. The SMILES string of the molecule is CC(C)(C)c1ccc2c(c1)c1cc(C(C)(C)C)cc3c1n2-c1ccc(-c2ccc(C#N)cc2)c2c1B3c1cc(C(C)(C)C)cc3c4cc(C(C)(C)C)ccc4n-2c13. The van der Waals surface area contributed by atoms with E-state index >= 15 is 0 Å². The molecule has 2 aliphatic rings. The molecular formula is C53H52BN3. The highest BCUT2D eigenvalue weighted by Crippen LogP contribution is 2.45. The lowest BCUT2D eigenvalue weighted by Gasteiger charge is -2.36. The van der Waals surface area contributed by atoms with Crippen LogP contribution in [0.5, 0.6) is 0 Å². The molecule has 2 aromatic heterocycles. The molecule has 57 heavy (non-hydrogen) atoms. The number of hydrogen-bond donors (Lipinski definition) is 0. The summed E-state index contributed by atoms with van der Waals surface area (Å²) in [5, 5.41) is 15.1. The maximum Gasteiger partial charge on any atom is 0.252 e. The van der Waals surface area contributed by atoms with Gasteiger partial charge in [0.2, 0.25) is 0 Å². The number of fused-ring (bicyclic) bond motifs is 10. The summed E-state index contributed by atoms with van der Waals surface area (Å²) in [5.74, 6) is 0. The summed E-state index contributed by atoms with van der Waals surface area (Å²) >= 11 is 0. The number of hydrogen-bond acceptors (Lipinski definition) is 1. The molecular weight excluding hydrogens is 689 g/mol. The standard InChI is InChI=1S/C53H52BN3/c1-50(2,3)32-17-20-43-37(23-32)39-25-34(52(7,8)9)27-41-47(39)56(43)45-22-19-36(31-15-13-30(29-55)14-16-31)49-46(45)54(41)42-28-35(53(10,11)12)26-40-38-24-33(51(4,5)6)18-21-44(38)57(49)48(40)42/h13-28H,1-12H3. The van der Waals surface area contributed by atoms with E-state index < -0.39 is 0 Å². The third kappa shape index (κ3) is 5.04. The second-order valence-corrected chi connectivity index (χ2v) is 21.1. The summed E-state index contributed by atoms with van der Waals surface area (Å²) in [6, 6.07) is 39.8. The largest absolute Gasteiger partial charge is 0.310 e. The van der Waals surface area contributed by atoms with Gasteiger partial charge >= 0.3 is 0 Å². The second kappa shape index (κ2) is 11.3. The van der Waals surface area contributed by atoms with Crippen LogP contribution in [-0.4, -0.2) is 15.8 Å². The molecule has 0 amide bonds. The van der Waals surface area contributed by atoms with Crippen molar-refractivity contribution in [2.24, 2.45) is 0 Å². The van der Waals surface area contributed by atoms with Crippen molar-refractivity contribution in [1.82, 2.24) is 9.13 Å². The topological polar surface area (TPSA) is 33.6 Å². The molecule has 6 aromatic carbocycles. The van der Waals surface area contributed by atoms with Crippen LogP contribution in [0.4, 0.5) is 0 Å². The van der Waals surface area contributed by atoms with Crippen molar-refractivity contribution in [2.75, 3.05) is 0 Å². The van der Waals surface area contributed by atoms with Crippen LogP contribution in [0.2, 0.25) is 0 Å². The maximum absolute atomic E-state index is 9.78. The Balaban J connectivity index is 1.46. The van der Waals surface area contributed by atoms with Crippen molar-refractivity contribution in [3.05, 3.63) is 125 Å². The Morgan fingerprint density at radius 1 is 0.474 bits per heavy atom. The number of nitrogens with zero attached hydrogens (tertiary/aromatic N) is 3. The van der Waals surface area contributed by atoms with Gasteiger partial charge in [-0.3, -0.25) is 0 Å². The molecule has 0 aliphatic carbocycles. The molecule has 0 spiro atoms. The van der Waals surface area contributed by atoms with Crippen LogP contribution in [0.3, 0.4) is 0 Å². The Morgan fingerprint density at radius 2 is 0.930 bits per heavy atom. The monoisotopic (exact) mass is 741 g/mol. The van der Waals surface area contributed by atoms with Gasteiger partial charge in [-0.1, -0.05) is 126 Å². The number of aromatic nitrogens is 2. The molecule has 4 heteroatoms. The molecule has 2 aliphatic heterocycles. The lowest BCUT2D eigenvalue weighted by molar-refractivity contribution is 0.590. The summed E-state index contributed by atoms with van der Waals surface area (Å²) in [7, 11) is 0. The molecule has 0 unspecified atom stereocenters. The molecule has 0 saturated heterocycles. The quantitative estimate of drug-likeness (QED) is 0.154. The molecule has 282 valence electrons. The molecule has 0 fully saturated rings. The zero-order valence-electron chi connectivity index (χ0n) is 35.7. The maximum atomic E-state index is 9.78. The van der Waals surface area contributed by atoms with Crippen LogP contribution in [-0.2, 0) is 21.7 Å². The molecule has 4 heterocycles. The average molecular weight is 742 g/mol. The van der Waals surface area contributed by atoms with E-state index in [1.54, 1.807) is 0 Å². The van der Waals surface area contributed by atoms with Gasteiger partial charge in [0.15, 0.2) is 0 Å². The van der Waals surface area contributed by atoms with Crippen LogP contribution in [0.25, 0.3) is 66.1 Å². The van der Waals surface area contributed by atoms with Gasteiger partial charge in [0.1, 0.15) is 0 Å². The summed E-state index contributed by atoms with van der Waals surface area (Å²) in [4.78, 5) is 0. The van der Waals surface area contributed by atoms with E-state index in [9.17, 15) is 5.26 Å². The Bertz CT molecular complexity index is 3100. The lowest BCUT2D eigenvalue weighted by Crippen LogP contribution is -2.60. The van der Waals surface area contributed by atoms with Gasteiger partial charge < -0.3 is 9.13 Å². The van der Waals surface area contributed by atoms with Gasteiger partial charge in [0, 0.05) is 43.8 Å². The van der Waals surface area contributed by atoms with E-state index in [1.165, 1.54) is 99.2 Å². The first-order valence-corrected chi connectivity index (χ1v) is 20.7. The number of rotatable bonds is 1. The molecule has 0 saturated carbocycles. The predicted octanol–water partition coefficient (Wildman–Crippen LogP) is 11.8. The Labute approximate surface area is 338 Å². The third-order valence-corrected chi connectivity index (χ3v) is 13.1. The fraction of sp³-hybridized carbons (Fsp3) is 0.302. The smallest absolute Gasteiger partial charge is 0.252 e. The minimum Gasteiger partial charge on any atom is -0.310 e. The molecule has 3 nitrogen and oxygen atoms in total. The average Bonchev–Trinajstić information content (AvgIpc) is 3.66. The van der Waals surface area contributed by atoms with Crippen molar-refractivity contribution in [2.45, 2.75) is 105 Å². The van der Waals surface area contributed by atoms with E-state index in [4.69, 9.17) is 0 Å². The van der Waals surface area contributed by atoms with Crippen molar-refractivity contribution < 1.29 is 0 Å². The Hall–Kier alpha value is -5.53. The van der Waals surface area contributed by atoms with Crippen LogP contribution < -0.4 is 16.4 Å². The Morgan fingerprint density at radius 3 is 1.40 bits per heavy atom. The van der Waals surface area contributed by atoms with E-state index in [2.05, 4.69) is 183 Å². The van der Waals surface area contributed by atoms with Gasteiger partial charge in [0.25, 0.3) is 6.71 Å². The van der Waals surface area contributed by atoms with Crippen LogP contribution in [0.15, 0.2) is 97.1 Å². The van der Waals surface area contributed by atoms with Crippen LogP contribution in [0.1, 0.15) is 111 Å². The number of benzene rings is 6. The van der Waals surface area contributed by atoms with E-state index in [-0.39, 0.29) is 28.4 Å². The molecule has 0 N–H and O–H groups in total. The van der Waals surface area contributed by atoms with Crippen molar-refractivity contribution in [1.29, 1.82) is 5.26 Å². The van der Waals surface area contributed by atoms with Gasteiger partial charge in [0.05, 0.1) is 28.4 Å². The summed E-state index contributed by atoms with van der Waals surface area (Å²) in [6.45, 7) is 28.1. The fourth-order valence-electron chi connectivity index (χ4n) is 9.83. The summed E-state index contributed by atoms with van der Waals surface area (Å²) in [5.41, 5.74) is 20.1. The molecule has 0 radical (unpaired) electrons.